The van der Waals surface area contributed by atoms with Crippen molar-refractivity contribution in [2.45, 2.75) is 13.0 Å². The number of nitrogens with zero attached hydrogens (tertiary/aromatic N) is 2. The molecule has 0 bridgehead atoms. The third-order valence-corrected chi connectivity index (χ3v) is 3.56. The second-order valence-electron chi connectivity index (χ2n) is 5.08. The molecule has 1 unspecified atom stereocenters. The average Bonchev–Trinajstić information content (AvgIpc) is 2.55. The number of carbonyl (C=O) groups is 1. The molecule has 6 nitrogen and oxygen atoms in total. The molecule has 0 aliphatic carbocycles. The van der Waals surface area contributed by atoms with Gasteiger partial charge in [0.2, 0.25) is 0 Å². The zero-order valence-corrected chi connectivity index (χ0v) is 12.7. The van der Waals surface area contributed by atoms with Crippen LogP contribution < -0.4 is 5.32 Å². The number of hydrogen-bond acceptors (Lipinski definition) is 3. The lowest BCUT2D eigenvalue weighted by Gasteiger charge is -2.25. The van der Waals surface area contributed by atoms with Crippen molar-refractivity contribution >= 4 is 17.4 Å². The standard InChI is InChI=1S/C16H16FN3O3/c1-11(12-4-3-5-15(10-12)20(22)23)19(2)16(21)18-14-8-6-13(17)7-9-14/h3-11H,1-2H3,(H,18,21). The molecule has 7 heteroatoms. The summed E-state index contributed by atoms with van der Waals surface area (Å²) in [7, 11) is 1.59. The first-order chi connectivity index (χ1) is 10.9. The Morgan fingerprint density at radius 2 is 1.91 bits per heavy atom. The smallest absolute Gasteiger partial charge is 0.321 e. The highest BCUT2D eigenvalue weighted by Crippen LogP contribution is 2.23. The number of anilines is 1. The fourth-order valence-electron chi connectivity index (χ4n) is 2.04. The van der Waals surface area contributed by atoms with E-state index in [1.54, 1.807) is 26.1 Å². The summed E-state index contributed by atoms with van der Waals surface area (Å²) in [6.07, 6.45) is 0. The van der Waals surface area contributed by atoms with Crippen molar-refractivity contribution in [1.29, 1.82) is 0 Å². The molecule has 0 saturated carbocycles. The number of urea groups is 1. The zero-order chi connectivity index (χ0) is 17.0. The van der Waals surface area contributed by atoms with Gasteiger partial charge in [-0.3, -0.25) is 10.1 Å². The van der Waals surface area contributed by atoms with Crippen molar-refractivity contribution < 1.29 is 14.1 Å². The molecule has 2 rings (SSSR count). The number of nitro benzene ring substituents is 1. The molecule has 0 aliphatic rings. The van der Waals surface area contributed by atoms with Gasteiger partial charge in [-0.15, -0.1) is 0 Å². The number of nitrogens with one attached hydrogen (secondary N) is 1. The van der Waals surface area contributed by atoms with Gasteiger partial charge in [0.15, 0.2) is 0 Å². The lowest BCUT2D eigenvalue weighted by atomic mass is 10.1. The zero-order valence-electron chi connectivity index (χ0n) is 12.7. The van der Waals surface area contributed by atoms with Crippen LogP contribution in [0.5, 0.6) is 0 Å². The first-order valence-electron chi connectivity index (χ1n) is 6.92. The summed E-state index contributed by atoms with van der Waals surface area (Å²) in [5.41, 5.74) is 1.09. The van der Waals surface area contributed by atoms with Crippen LogP contribution in [0.15, 0.2) is 48.5 Å². The predicted molar refractivity (Wildman–Crippen MR) is 84.7 cm³/mol. The molecule has 120 valence electrons. The molecule has 0 radical (unpaired) electrons. The van der Waals surface area contributed by atoms with Gasteiger partial charge in [-0.1, -0.05) is 12.1 Å². The Balaban J connectivity index is 2.10. The quantitative estimate of drug-likeness (QED) is 0.685. The highest BCUT2D eigenvalue weighted by molar-refractivity contribution is 5.89. The molecular formula is C16H16FN3O3. The summed E-state index contributed by atoms with van der Waals surface area (Å²) in [5.74, 6) is -0.388. The number of benzene rings is 2. The van der Waals surface area contributed by atoms with Gasteiger partial charge >= 0.3 is 6.03 Å². The lowest BCUT2D eigenvalue weighted by Crippen LogP contribution is -2.33. The Kier molecular flexibility index (Phi) is 4.90. The Morgan fingerprint density at radius 1 is 1.26 bits per heavy atom. The van der Waals surface area contributed by atoms with Crippen LogP contribution >= 0.6 is 0 Å². The van der Waals surface area contributed by atoms with Gasteiger partial charge in [0.05, 0.1) is 11.0 Å². The molecule has 0 aliphatic heterocycles. The molecule has 1 atom stereocenters. The molecule has 0 fully saturated rings. The van der Waals surface area contributed by atoms with Crippen LogP contribution in [-0.2, 0) is 0 Å². The first-order valence-corrected chi connectivity index (χ1v) is 6.92. The van der Waals surface area contributed by atoms with E-state index < -0.39 is 11.0 Å². The van der Waals surface area contributed by atoms with Crippen LogP contribution in [0.2, 0.25) is 0 Å². The van der Waals surface area contributed by atoms with Crippen molar-refractivity contribution in [2.24, 2.45) is 0 Å². The van der Waals surface area contributed by atoms with Crippen LogP contribution in [0.3, 0.4) is 0 Å². The van der Waals surface area contributed by atoms with E-state index in [1.807, 2.05) is 0 Å². The molecule has 0 aromatic heterocycles. The SMILES string of the molecule is CC(c1cccc([N+](=O)[O-])c1)N(C)C(=O)Nc1ccc(F)cc1. The van der Waals surface area contributed by atoms with Crippen molar-refractivity contribution in [3.05, 3.63) is 70.0 Å². The van der Waals surface area contributed by atoms with Crippen molar-refractivity contribution in [2.75, 3.05) is 12.4 Å². The van der Waals surface area contributed by atoms with Gasteiger partial charge < -0.3 is 10.2 Å². The summed E-state index contributed by atoms with van der Waals surface area (Å²) in [4.78, 5) is 24.0. The summed E-state index contributed by atoms with van der Waals surface area (Å²) in [5, 5.41) is 13.5. The summed E-state index contributed by atoms with van der Waals surface area (Å²) < 4.78 is 12.9. The highest BCUT2D eigenvalue weighted by atomic mass is 19.1. The van der Waals surface area contributed by atoms with E-state index in [0.717, 1.165) is 0 Å². The normalized spacial score (nSPS) is 11.6. The van der Waals surface area contributed by atoms with Gasteiger partial charge in [0.1, 0.15) is 5.82 Å². The van der Waals surface area contributed by atoms with Crippen molar-refractivity contribution in [3.63, 3.8) is 0 Å². The number of hydrogen-bond donors (Lipinski definition) is 1. The van der Waals surface area contributed by atoms with Gasteiger partial charge in [-0.2, -0.15) is 0 Å². The molecule has 2 aromatic rings. The van der Waals surface area contributed by atoms with E-state index in [4.69, 9.17) is 0 Å². The Bertz CT molecular complexity index is 719. The van der Waals surface area contributed by atoms with Gasteiger partial charge in [-0.05, 0) is 36.8 Å². The number of halogens is 1. The largest absolute Gasteiger partial charge is 0.322 e. The topological polar surface area (TPSA) is 75.5 Å². The number of rotatable bonds is 4. The van der Waals surface area contributed by atoms with Crippen LogP contribution in [0, 0.1) is 15.9 Å². The van der Waals surface area contributed by atoms with Gasteiger partial charge in [-0.25, -0.2) is 9.18 Å². The minimum absolute atomic E-state index is 0.0262. The molecular weight excluding hydrogens is 301 g/mol. The van der Waals surface area contributed by atoms with Crippen molar-refractivity contribution in [3.8, 4) is 0 Å². The van der Waals surface area contributed by atoms with Crippen LogP contribution in [0.25, 0.3) is 0 Å². The number of non-ortho nitro benzene ring substituents is 1. The maximum absolute atomic E-state index is 12.9. The van der Waals surface area contributed by atoms with E-state index in [-0.39, 0.29) is 17.5 Å². The predicted octanol–water partition coefficient (Wildman–Crippen LogP) is 3.96. The fourth-order valence-corrected chi connectivity index (χ4v) is 2.04. The lowest BCUT2D eigenvalue weighted by molar-refractivity contribution is -0.384. The Labute approximate surface area is 132 Å². The molecule has 2 amide bonds. The second kappa shape index (κ2) is 6.87. The Hall–Kier alpha value is -2.96. The maximum Gasteiger partial charge on any atom is 0.322 e. The first kappa shape index (κ1) is 16.4. The third-order valence-electron chi connectivity index (χ3n) is 3.56. The summed E-state index contributed by atoms with van der Waals surface area (Å²) in [6, 6.07) is 10.8. The molecule has 1 N–H and O–H groups in total. The van der Waals surface area contributed by atoms with E-state index in [9.17, 15) is 19.3 Å². The van der Waals surface area contributed by atoms with Crippen molar-refractivity contribution in [1.82, 2.24) is 4.90 Å². The van der Waals surface area contributed by atoms with Crippen LogP contribution in [0.1, 0.15) is 18.5 Å². The number of nitro groups is 1. The van der Waals surface area contributed by atoms with Crippen LogP contribution in [0.4, 0.5) is 20.6 Å². The third kappa shape index (κ3) is 4.03. The minimum atomic E-state index is -0.477. The molecule has 23 heavy (non-hydrogen) atoms. The Morgan fingerprint density at radius 3 is 2.52 bits per heavy atom. The van der Waals surface area contributed by atoms with Gasteiger partial charge in [0, 0.05) is 24.9 Å². The molecule has 2 aromatic carbocycles. The fraction of sp³-hybridized carbons (Fsp3) is 0.188. The summed E-state index contributed by atoms with van der Waals surface area (Å²) in [6.45, 7) is 1.77. The van der Waals surface area contributed by atoms with E-state index in [1.165, 1.54) is 41.3 Å². The minimum Gasteiger partial charge on any atom is -0.321 e. The molecule has 0 heterocycles. The number of amides is 2. The summed E-state index contributed by atoms with van der Waals surface area (Å²) >= 11 is 0. The van der Waals surface area contributed by atoms with E-state index in [0.29, 0.717) is 11.3 Å². The average molecular weight is 317 g/mol. The monoisotopic (exact) mass is 317 g/mol. The maximum atomic E-state index is 12.9. The van der Waals surface area contributed by atoms with E-state index >= 15 is 0 Å². The van der Waals surface area contributed by atoms with Gasteiger partial charge in [0.25, 0.3) is 5.69 Å². The molecule has 0 saturated heterocycles. The second-order valence-corrected chi connectivity index (χ2v) is 5.08. The number of carbonyl (C=O) groups excluding carboxylic acids is 1. The van der Waals surface area contributed by atoms with E-state index in [2.05, 4.69) is 5.32 Å². The molecule has 0 spiro atoms. The van der Waals surface area contributed by atoms with Crippen LogP contribution in [-0.4, -0.2) is 22.9 Å². The highest BCUT2D eigenvalue weighted by Gasteiger charge is 2.19.